The Kier molecular flexibility index (Phi) is 5.75. The number of benzene rings is 1. The molecular formula is C15H21F4NO. The fraction of sp³-hybridized carbons (Fsp3) is 0.600. The summed E-state index contributed by atoms with van der Waals surface area (Å²) in [6, 6.07) is 2.62. The van der Waals surface area contributed by atoms with Crippen LogP contribution in [0.25, 0.3) is 0 Å². The van der Waals surface area contributed by atoms with Crippen LogP contribution in [0.4, 0.5) is 17.6 Å². The molecule has 0 fully saturated rings. The van der Waals surface area contributed by atoms with Crippen LogP contribution in [0.2, 0.25) is 0 Å². The second kappa shape index (κ2) is 6.75. The van der Waals surface area contributed by atoms with Gasteiger partial charge in [-0.3, -0.25) is 0 Å². The third-order valence-corrected chi connectivity index (χ3v) is 2.83. The molecule has 0 amide bonds. The van der Waals surface area contributed by atoms with E-state index < -0.39 is 17.6 Å². The van der Waals surface area contributed by atoms with Crippen molar-refractivity contribution in [2.75, 3.05) is 13.2 Å². The summed E-state index contributed by atoms with van der Waals surface area (Å²) in [5.74, 6) is -1.27. The zero-order chi connectivity index (χ0) is 16.3. The first kappa shape index (κ1) is 17.9. The van der Waals surface area contributed by atoms with Gasteiger partial charge in [0, 0.05) is 0 Å². The number of halogens is 4. The van der Waals surface area contributed by atoms with Crippen LogP contribution in [0.1, 0.15) is 44.9 Å². The van der Waals surface area contributed by atoms with Crippen LogP contribution in [-0.2, 0) is 10.9 Å². The van der Waals surface area contributed by atoms with Crippen LogP contribution in [0.3, 0.4) is 0 Å². The lowest BCUT2D eigenvalue weighted by molar-refractivity contribution is -0.140. The van der Waals surface area contributed by atoms with Crippen molar-refractivity contribution in [2.45, 2.75) is 45.5 Å². The van der Waals surface area contributed by atoms with E-state index in [1.54, 1.807) is 0 Å². The van der Waals surface area contributed by atoms with E-state index in [1.165, 1.54) is 6.07 Å². The minimum Gasteiger partial charge on any atom is -0.374 e. The molecule has 0 saturated carbocycles. The molecule has 0 saturated heterocycles. The Balaban J connectivity index is 2.96. The first-order chi connectivity index (χ1) is 9.54. The summed E-state index contributed by atoms with van der Waals surface area (Å²) in [7, 11) is 0. The van der Waals surface area contributed by atoms with Crippen LogP contribution in [0.5, 0.6) is 0 Å². The Morgan fingerprint density at radius 1 is 1.19 bits per heavy atom. The number of rotatable bonds is 5. The maximum atomic E-state index is 13.6. The zero-order valence-corrected chi connectivity index (χ0v) is 12.6. The first-order valence-electron chi connectivity index (χ1n) is 6.78. The van der Waals surface area contributed by atoms with Gasteiger partial charge in [0.25, 0.3) is 0 Å². The molecule has 1 aromatic carbocycles. The van der Waals surface area contributed by atoms with Crippen LogP contribution >= 0.6 is 0 Å². The number of nitrogens with one attached hydrogen (secondary N) is 1. The maximum absolute atomic E-state index is 13.6. The van der Waals surface area contributed by atoms with Gasteiger partial charge in [0.1, 0.15) is 5.82 Å². The van der Waals surface area contributed by atoms with E-state index in [0.717, 1.165) is 12.1 Å². The number of likely N-dealkylation sites (N-methyl/N-ethyl adjacent to an activating group) is 1. The van der Waals surface area contributed by atoms with E-state index in [9.17, 15) is 17.6 Å². The van der Waals surface area contributed by atoms with Gasteiger partial charge in [-0.25, -0.2) is 4.39 Å². The summed E-state index contributed by atoms with van der Waals surface area (Å²) < 4.78 is 56.9. The Morgan fingerprint density at radius 2 is 1.81 bits per heavy atom. The molecular weight excluding hydrogens is 286 g/mol. The number of hydrogen-bond acceptors (Lipinski definition) is 2. The number of alkyl halides is 3. The van der Waals surface area contributed by atoms with Gasteiger partial charge in [-0.1, -0.05) is 13.0 Å². The van der Waals surface area contributed by atoms with Gasteiger partial charge in [0.15, 0.2) is 0 Å². The highest BCUT2D eigenvalue weighted by Gasteiger charge is 2.34. The molecule has 0 spiro atoms. The Hall–Kier alpha value is -1.14. The summed E-state index contributed by atoms with van der Waals surface area (Å²) in [5.41, 5.74) is -1.19. The maximum Gasteiger partial charge on any atom is 0.419 e. The quantitative estimate of drug-likeness (QED) is 0.818. The highest BCUT2D eigenvalue weighted by atomic mass is 19.4. The van der Waals surface area contributed by atoms with Crippen molar-refractivity contribution in [2.24, 2.45) is 0 Å². The van der Waals surface area contributed by atoms with E-state index >= 15 is 0 Å². The van der Waals surface area contributed by atoms with Crippen molar-refractivity contribution in [3.05, 3.63) is 35.1 Å². The molecule has 1 N–H and O–H groups in total. The van der Waals surface area contributed by atoms with E-state index in [1.807, 2.05) is 27.7 Å². The average Bonchev–Trinajstić information content (AvgIpc) is 2.31. The normalized spacial score (nSPS) is 14.3. The predicted octanol–water partition coefficient (Wildman–Crippen LogP) is 4.31. The van der Waals surface area contributed by atoms with Crippen molar-refractivity contribution in [1.82, 2.24) is 5.32 Å². The van der Waals surface area contributed by atoms with Crippen LogP contribution < -0.4 is 5.32 Å². The lowest BCUT2D eigenvalue weighted by Gasteiger charge is -2.25. The van der Waals surface area contributed by atoms with Gasteiger partial charge in [-0.05, 0) is 45.0 Å². The Bertz CT molecular complexity index is 466. The summed E-state index contributed by atoms with van der Waals surface area (Å²) in [6.07, 6.45) is -4.68. The predicted molar refractivity (Wildman–Crippen MR) is 73.5 cm³/mol. The SMILES string of the molecule is CCNC(COC(C)(C)C)c1ccc(C(F)(F)F)c(F)c1. The molecule has 0 aliphatic heterocycles. The molecule has 21 heavy (non-hydrogen) atoms. The molecule has 1 rings (SSSR count). The van der Waals surface area contributed by atoms with Crippen molar-refractivity contribution >= 4 is 0 Å². The topological polar surface area (TPSA) is 21.3 Å². The molecule has 0 radical (unpaired) electrons. The largest absolute Gasteiger partial charge is 0.419 e. The number of ether oxygens (including phenoxy) is 1. The van der Waals surface area contributed by atoms with Gasteiger partial charge in [0.2, 0.25) is 0 Å². The molecule has 0 bridgehead atoms. The van der Waals surface area contributed by atoms with Crippen molar-refractivity contribution in [1.29, 1.82) is 0 Å². The molecule has 6 heteroatoms. The van der Waals surface area contributed by atoms with Crippen LogP contribution in [0.15, 0.2) is 18.2 Å². The molecule has 0 aromatic heterocycles. The van der Waals surface area contributed by atoms with Crippen LogP contribution in [-0.4, -0.2) is 18.8 Å². The monoisotopic (exact) mass is 307 g/mol. The van der Waals surface area contributed by atoms with E-state index in [2.05, 4.69) is 5.32 Å². The van der Waals surface area contributed by atoms with Gasteiger partial charge in [-0.2, -0.15) is 13.2 Å². The highest BCUT2D eigenvalue weighted by Crippen LogP contribution is 2.32. The summed E-state index contributed by atoms with van der Waals surface area (Å²) >= 11 is 0. The van der Waals surface area contributed by atoms with Gasteiger partial charge >= 0.3 is 6.18 Å². The fourth-order valence-electron chi connectivity index (χ4n) is 1.83. The van der Waals surface area contributed by atoms with E-state index in [0.29, 0.717) is 12.1 Å². The van der Waals surface area contributed by atoms with Gasteiger partial charge < -0.3 is 10.1 Å². The third kappa shape index (κ3) is 5.63. The second-order valence-corrected chi connectivity index (χ2v) is 5.77. The molecule has 2 nitrogen and oxygen atoms in total. The molecule has 1 aromatic rings. The van der Waals surface area contributed by atoms with E-state index in [4.69, 9.17) is 4.74 Å². The van der Waals surface area contributed by atoms with Crippen molar-refractivity contribution in [3.63, 3.8) is 0 Å². The Morgan fingerprint density at radius 3 is 2.24 bits per heavy atom. The zero-order valence-electron chi connectivity index (χ0n) is 12.6. The summed E-state index contributed by atoms with van der Waals surface area (Å²) in [5, 5.41) is 3.08. The van der Waals surface area contributed by atoms with Crippen LogP contribution in [0, 0.1) is 5.82 Å². The molecule has 0 aliphatic carbocycles. The van der Waals surface area contributed by atoms with Crippen molar-refractivity contribution < 1.29 is 22.3 Å². The Labute approximate surface area is 122 Å². The fourth-order valence-corrected chi connectivity index (χ4v) is 1.83. The van der Waals surface area contributed by atoms with Gasteiger partial charge in [-0.15, -0.1) is 0 Å². The highest BCUT2D eigenvalue weighted by molar-refractivity contribution is 5.28. The van der Waals surface area contributed by atoms with Crippen molar-refractivity contribution in [3.8, 4) is 0 Å². The smallest absolute Gasteiger partial charge is 0.374 e. The molecule has 120 valence electrons. The second-order valence-electron chi connectivity index (χ2n) is 5.77. The average molecular weight is 307 g/mol. The summed E-state index contributed by atoms with van der Waals surface area (Å²) in [4.78, 5) is 0. The number of hydrogen-bond donors (Lipinski definition) is 1. The molecule has 0 aliphatic rings. The molecule has 1 unspecified atom stereocenters. The van der Waals surface area contributed by atoms with Gasteiger partial charge in [0.05, 0.1) is 23.8 Å². The minimum absolute atomic E-state index is 0.252. The summed E-state index contributed by atoms with van der Waals surface area (Å²) in [6.45, 7) is 8.35. The lowest BCUT2D eigenvalue weighted by Crippen LogP contribution is -2.30. The standard InChI is InChI=1S/C15H21F4NO/c1-5-20-13(9-21-14(2,3)4)10-6-7-11(12(16)8-10)15(17,18)19/h6-8,13,20H,5,9H2,1-4H3. The molecule has 0 heterocycles. The molecule has 1 atom stereocenters. The van der Waals surface area contributed by atoms with E-state index in [-0.39, 0.29) is 18.2 Å². The lowest BCUT2D eigenvalue weighted by atomic mass is 10.0. The first-order valence-corrected chi connectivity index (χ1v) is 6.78. The third-order valence-electron chi connectivity index (χ3n) is 2.83. The minimum atomic E-state index is -4.68.